The van der Waals surface area contributed by atoms with Crippen LogP contribution >= 0.6 is 0 Å². The first-order valence-electron chi connectivity index (χ1n) is 7.30. The van der Waals surface area contributed by atoms with Crippen LogP contribution in [0.15, 0.2) is 28.8 Å². The number of hydrogen-bond acceptors (Lipinski definition) is 6. The van der Waals surface area contributed by atoms with Crippen molar-refractivity contribution in [2.45, 2.75) is 20.0 Å². The number of nitrogens with one attached hydrogen (secondary N) is 3. The predicted octanol–water partition coefficient (Wildman–Crippen LogP) is -0.109. The SMILES string of the molecule is CC(=O)NCC(=O)NCc1nc(C(=O)NCc2ccc(F)cc2)no1. The predicted molar refractivity (Wildman–Crippen MR) is 82.4 cm³/mol. The van der Waals surface area contributed by atoms with E-state index in [2.05, 4.69) is 26.1 Å². The summed E-state index contributed by atoms with van der Waals surface area (Å²) in [6.45, 7) is 1.23. The van der Waals surface area contributed by atoms with Crippen molar-refractivity contribution in [1.29, 1.82) is 0 Å². The molecule has 3 N–H and O–H groups in total. The molecule has 0 fully saturated rings. The van der Waals surface area contributed by atoms with Crippen LogP contribution in [0, 0.1) is 5.82 Å². The van der Waals surface area contributed by atoms with Crippen molar-refractivity contribution >= 4 is 17.7 Å². The molecule has 0 aliphatic rings. The molecule has 2 aromatic rings. The summed E-state index contributed by atoms with van der Waals surface area (Å²) < 4.78 is 17.7. The van der Waals surface area contributed by atoms with E-state index in [1.807, 2.05) is 0 Å². The monoisotopic (exact) mass is 349 g/mol. The Bertz CT molecular complexity index is 760. The maximum atomic E-state index is 12.8. The third-order valence-electron chi connectivity index (χ3n) is 2.97. The number of carbonyl (C=O) groups is 3. The Kier molecular flexibility index (Phi) is 6.15. The van der Waals surface area contributed by atoms with E-state index in [1.54, 1.807) is 12.1 Å². The minimum absolute atomic E-state index is 0.0445. The number of halogens is 1. The lowest BCUT2D eigenvalue weighted by Gasteiger charge is -2.02. The molecule has 10 heteroatoms. The lowest BCUT2D eigenvalue weighted by Crippen LogP contribution is -2.35. The second-order valence-corrected chi connectivity index (χ2v) is 5.01. The fraction of sp³-hybridized carbons (Fsp3) is 0.267. The van der Waals surface area contributed by atoms with Crippen LogP contribution in [-0.4, -0.2) is 34.4 Å². The maximum Gasteiger partial charge on any atom is 0.292 e. The summed E-state index contributed by atoms with van der Waals surface area (Å²) >= 11 is 0. The highest BCUT2D eigenvalue weighted by Gasteiger charge is 2.15. The molecule has 0 saturated carbocycles. The van der Waals surface area contributed by atoms with E-state index in [0.29, 0.717) is 5.56 Å². The molecule has 0 aliphatic carbocycles. The van der Waals surface area contributed by atoms with E-state index < -0.39 is 11.8 Å². The molecular weight excluding hydrogens is 333 g/mol. The van der Waals surface area contributed by atoms with Crippen LogP contribution in [0.25, 0.3) is 0 Å². The van der Waals surface area contributed by atoms with Gasteiger partial charge in [-0.05, 0) is 17.7 Å². The van der Waals surface area contributed by atoms with E-state index in [-0.39, 0.29) is 43.1 Å². The number of nitrogens with zero attached hydrogens (tertiary/aromatic N) is 2. The normalized spacial score (nSPS) is 10.2. The number of hydrogen-bond donors (Lipinski definition) is 3. The van der Waals surface area contributed by atoms with Crippen molar-refractivity contribution in [2.75, 3.05) is 6.54 Å². The van der Waals surface area contributed by atoms with Gasteiger partial charge in [-0.2, -0.15) is 4.98 Å². The first-order valence-corrected chi connectivity index (χ1v) is 7.30. The van der Waals surface area contributed by atoms with Crippen molar-refractivity contribution in [2.24, 2.45) is 0 Å². The summed E-state index contributed by atoms with van der Waals surface area (Å²) in [5.74, 6) is -1.83. The highest BCUT2D eigenvalue weighted by atomic mass is 19.1. The molecule has 0 spiro atoms. The van der Waals surface area contributed by atoms with Gasteiger partial charge in [0, 0.05) is 13.5 Å². The fourth-order valence-electron chi connectivity index (χ4n) is 1.72. The Labute approximate surface area is 142 Å². The largest absolute Gasteiger partial charge is 0.347 e. The molecule has 132 valence electrons. The van der Waals surface area contributed by atoms with Crippen molar-refractivity contribution < 1.29 is 23.3 Å². The van der Waals surface area contributed by atoms with Gasteiger partial charge in [-0.1, -0.05) is 17.3 Å². The molecular formula is C15H16FN5O4. The van der Waals surface area contributed by atoms with E-state index in [9.17, 15) is 18.8 Å². The zero-order valence-corrected chi connectivity index (χ0v) is 13.3. The highest BCUT2D eigenvalue weighted by molar-refractivity contribution is 5.90. The van der Waals surface area contributed by atoms with Crippen molar-refractivity contribution in [3.05, 3.63) is 47.4 Å². The van der Waals surface area contributed by atoms with Crippen LogP contribution in [0.4, 0.5) is 4.39 Å². The van der Waals surface area contributed by atoms with Crippen LogP contribution < -0.4 is 16.0 Å². The smallest absolute Gasteiger partial charge is 0.292 e. The summed E-state index contributed by atoms with van der Waals surface area (Å²) in [6, 6.07) is 5.67. The van der Waals surface area contributed by atoms with E-state index >= 15 is 0 Å². The van der Waals surface area contributed by atoms with Crippen molar-refractivity contribution in [3.8, 4) is 0 Å². The van der Waals surface area contributed by atoms with Gasteiger partial charge >= 0.3 is 0 Å². The lowest BCUT2D eigenvalue weighted by molar-refractivity contribution is -0.125. The summed E-state index contributed by atoms with van der Waals surface area (Å²) in [5.41, 5.74) is 0.712. The Morgan fingerprint density at radius 3 is 2.48 bits per heavy atom. The first-order chi connectivity index (χ1) is 11.9. The second kappa shape index (κ2) is 8.52. The number of carbonyl (C=O) groups excluding carboxylic acids is 3. The lowest BCUT2D eigenvalue weighted by atomic mass is 10.2. The Hall–Kier alpha value is -3.30. The summed E-state index contributed by atoms with van der Waals surface area (Å²) in [6.07, 6.45) is 0. The van der Waals surface area contributed by atoms with Crippen LogP contribution in [0.2, 0.25) is 0 Å². The molecule has 0 aliphatic heterocycles. The molecule has 0 atom stereocenters. The summed E-state index contributed by atoms with van der Waals surface area (Å²) in [7, 11) is 0. The number of rotatable bonds is 7. The first kappa shape index (κ1) is 18.0. The maximum absolute atomic E-state index is 12.8. The molecule has 25 heavy (non-hydrogen) atoms. The van der Waals surface area contributed by atoms with E-state index in [1.165, 1.54) is 19.1 Å². The molecule has 9 nitrogen and oxygen atoms in total. The number of benzene rings is 1. The second-order valence-electron chi connectivity index (χ2n) is 5.01. The molecule has 2 rings (SSSR count). The van der Waals surface area contributed by atoms with Crippen molar-refractivity contribution in [3.63, 3.8) is 0 Å². The third-order valence-corrected chi connectivity index (χ3v) is 2.97. The van der Waals surface area contributed by atoms with E-state index in [4.69, 9.17) is 4.52 Å². The van der Waals surface area contributed by atoms with Crippen molar-refractivity contribution in [1.82, 2.24) is 26.1 Å². The number of aromatic nitrogens is 2. The third kappa shape index (κ3) is 6.01. The number of amides is 3. The molecule has 0 saturated heterocycles. The fourth-order valence-corrected chi connectivity index (χ4v) is 1.72. The van der Waals surface area contributed by atoms with Gasteiger partial charge in [-0.25, -0.2) is 4.39 Å². The van der Waals surface area contributed by atoms with E-state index in [0.717, 1.165) is 0 Å². The molecule has 1 aromatic heterocycles. The Morgan fingerprint density at radius 1 is 1.08 bits per heavy atom. The average Bonchev–Trinajstić information content (AvgIpc) is 3.06. The van der Waals surface area contributed by atoms with Gasteiger partial charge in [-0.15, -0.1) is 0 Å². The van der Waals surface area contributed by atoms with Crippen LogP contribution in [-0.2, 0) is 22.7 Å². The van der Waals surface area contributed by atoms with Crippen LogP contribution in [0.3, 0.4) is 0 Å². The summed E-state index contributed by atoms with van der Waals surface area (Å²) in [5, 5.41) is 10.9. The molecule has 1 aromatic carbocycles. The standard InChI is InChI=1S/C15H16FN5O4/c1-9(22)17-7-12(23)18-8-13-20-14(21-25-13)15(24)19-6-10-2-4-11(16)5-3-10/h2-5H,6-8H2,1H3,(H,17,22)(H,18,23)(H,19,24). The molecule has 0 unspecified atom stereocenters. The van der Waals surface area contributed by atoms with Gasteiger partial charge < -0.3 is 20.5 Å². The van der Waals surface area contributed by atoms with Gasteiger partial charge in [0.2, 0.25) is 17.7 Å². The van der Waals surface area contributed by atoms with Crippen LogP contribution in [0.5, 0.6) is 0 Å². The van der Waals surface area contributed by atoms with Gasteiger partial charge in [-0.3, -0.25) is 14.4 Å². The van der Waals surface area contributed by atoms with Gasteiger partial charge in [0.15, 0.2) is 0 Å². The Morgan fingerprint density at radius 2 is 1.80 bits per heavy atom. The topological polar surface area (TPSA) is 126 Å². The molecule has 1 heterocycles. The minimum Gasteiger partial charge on any atom is -0.347 e. The van der Waals surface area contributed by atoms with Crippen LogP contribution in [0.1, 0.15) is 29.0 Å². The molecule has 0 radical (unpaired) electrons. The average molecular weight is 349 g/mol. The molecule has 3 amide bonds. The highest BCUT2D eigenvalue weighted by Crippen LogP contribution is 2.03. The van der Waals surface area contributed by atoms with Gasteiger partial charge in [0.25, 0.3) is 11.7 Å². The summed E-state index contributed by atoms with van der Waals surface area (Å²) in [4.78, 5) is 37.9. The minimum atomic E-state index is -0.566. The quantitative estimate of drug-likeness (QED) is 0.640. The Balaban J connectivity index is 1.79. The zero-order chi connectivity index (χ0) is 18.2. The zero-order valence-electron chi connectivity index (χ0n) is 13.3. The van der Waals surface area contributed by atoms with Gasteiger partial charge in [0.05, 0.1) is 13.1 Å². The molecule has 0 bridgehead atoms. The van der Waals surface area contributed by atoms with Gasteiger partial charge in [0.1, 0.15) is 5.82 Å².